The molecule has 0 aromatic carbocycles. The average molecular weight is 926 g/mol. The maximum Gasteiger partial charge on any atom is 0.472 e. The fourth-order valence-corrected chi connectivity index (χ4v) is 8.79. The van der Waals surface area contributed by atoms with Crippen LogP contribution in [-0.2, 0) is 32.7 Å². The van der Waals surface area contributed by atoms with Gasteiger partial charge < -0.3 is 20.1 Å². The summed E-state index contributed by atoms with van der Waals surface area (Å²) in [5, 5.41) is 0. The van der Waals surface area contributed by atoms with Crippen molar-refractivity contribution in [1.29, 1.82) is 0 Å². The highest BCUT2D eigenvalue weighted by Gasteiger charge is 2.26. The number of allylic oxidation sites excluding steroid dienone is 4. The first-order chi connectivity index (χ1) is 31.3. The Bertz CT molecular complexity index is 1100. The highest BCUT2D eigenvalue weighted by molar-refractivity contribution is 7.47. The van der Waals surface area contributed by atoms with Crippen molar-refractivity contribution >= 4 is 19.8 Å². The lowest BCUT2D eigenvalue weighted by atomic mass is 10.0. The molecule has 10 heteroatoms. The lowest BCUT2D eigenvalue weighted by molar-refractivity contribution is -0.161. The molecule has 0 rings (SSSR count). The van der Waals surface area contributed by atoms with Crippen LogP contribution in [0.3, 0.4) is 0 Å². The molecule has 64 heavy (non-hydrogen) atoms. The normalized spacial score (nSPS) is 13.2. The quantitative estimate of drug-likeness (QED) is 0.0265. The number of phosphoric acid groups is 1. The Labute approximate surface area is 395 Å². The van der Waals surface area contributed by atoms with Crippen LogP contribution in [0.25, 0.3) is 0 Å². The SMILES string of the molecule is CCCCCCC/C=C\C/C=C\CCCCCCCCCCCCCCCCCCCCCC(=O)OC(COC(=O)CCCCCCCCCCCCCC)COP(=O)(O)OCCN. The van der Waals surface area contributed by atoms with Crippen molar-refractivity contribution in [2.24, 2.45) is 5.73 Å². The van der Waals surface area contributed by atoms with E-state index in [-0.39, 0.29) is 38.6 Å². The van der Waals surface area contributed by atoms with Crippen LogP contribution in [-0.4, -0.2) is 49.3 Å². The van der Waals surface area contributed by atoms with Gasteiger partial charge in [0.1, 0.15) is 6.61 Å². The van der Waals surface area contributed by atoms with Crippen LogP contribution in [0, 0.1) is 0 Å². The Morgan fingerprint density at radius 3 is 1.19 bits per heavy atom. The number of carbonyl (C=O) groups excluding carboxylic acids is 2. The summed E-state index contributed by atoms with van der Waals surface area (Å²) in [4.78, 5) is 35.0. The summed E-state index contributed by atoms with van der Waals surface area (Å²) in [6.45, 7) is 3.76. The average Bonchev–Trinajstić information content (AvgIpc) is 3.28. The third-order valence-corrected chi connectivity index (χ3v) is 13.1. The topological polar surface area (TPSA) is 134 Å². The van der Waals surface area contributed by atoms with Crippen LogP contribution in [0.5, 0.6) is 0 Å². The molecule has 0 fully saturated rings. The standard InChI is InChI=1S/C54H104NO8P/c1-3-5-7-9-11-13-15-17-18-19-20-21-22-23-24-25-26-27-28-29-30-31-32-33-34-35-37-39-41-43-45-47-54(57)63-52(51-62-64(58,59)61-49-48-55)50-60-53(56)46-44-42-40-38-36-16-14-12-10-8-6-4-2/h15,17,19-20,52H,3-14,16,18,21-51,55H2,1-2H3,(H,58,59)/b17-15-,20-19-. The van der Waals surface area contributed by atoms with Crippen molar-refractivity contribution in [3.63, 3.8) is 0 Å². The van der Waals surface area contributed by atoms with E-state index in [9.17, 15) is 19.0 Å². The number of rotatable bonds is 52. The summed E-state index contributed by atoms with van der Waals surface area (Å²) < 4.78 is 32.9. The van der Waals surface area contributed by atoms with Crippen LogP contribution in [0.2, 0.25) is 0 Å². The predicted molar refractivity (Wildman–Crippen MR) is 271 cm³/mol. The summed E-state index contributed by atoms with van der Waals surface area (Å²) in [5.41, 5.74) is 5.37. The second-order valence-electron chi connectivity index (χ2n) is 18.5. The molecule has 0 heterocycles. The van der Waals surface area contributed by atoms with Crippen molar-refractivity contribution in [2.45, 2.75) is 283 Å². The Morgan fingerprint density at radius 1 is 0.469 bits per heavy atom. The van der Waals surface area contributed by atoms with Crippen LogP contribution in [0.4, 0.5) is 0 Å². The molecule has 0 radical (unpaired) electrons. The van der Waals surface area contributed by atoms with Crippen molar-refractivity contribution in [3.05, 3.63) is 24.3 Å². The minimum Gasteiger partial charge on any atom is -0.462 e. The van der Waals surface area contributed by atoms with Gasteiger partial charge in [0, 0.05) is 19.4 Å². The number of nitrogens with two attached hydrogens (primary N) is 1. The third kappa shape index (κ3) is 49.9. The molecule has 0 saturated heterocycles. The number of carbonyl (C=O) groups is 2. The van der Waals surface area contributed by atoms with Gasteiger partial charge in [0.15, 0.2) is 6.10 Å². The van der Waals surface area contributed by atoms with E-state index < -0.39 is 26.5 Å². The van der Waals surface area contributed by atoms with Crippen LogP contribution in [0.1, 0.15) is 277 Å². The molecule has 2 atom stereocenters. The Morgan fingerprint density at radius 2 is 0.812 bits per heavy atom. The first-order valence-electron chi connectivity index (χ1n) is 27.3. The number of hydrogen-bond donors (Lipinski definition) is 2. The highest BCUT2D eigenvalue weighted by Crippen LogP contribution is 2.43. The summed E-state index contributed by atoms with van der Waals surface area (Å²) in [5.74, 6) is -0.813. The second kappa shape index (κ2) is 50.9. The molecule has 0 aliphatic carbocycles. The van der Waals surface area contributed by atoms with Crippen molar-refractivity contribution in [1.82, 2.24) is 0 Å². The summed E-state index contributed by atoms with van der Waals surface area (Å²) >= 11 is 0. The molecule has 0 aromatic rings. The lowest BCUT2D eigenvalue weighted by Crippen LogP contribution is -2.29. The smallest absolute Gasteiger partial charge is 0.462 e. The van der Waals surface area contributed by atoms with Gasteiger partial charge in [0.05, 0.1) is 13.2 Å². The fraction of sp³-hybridized carbons (Fsp3) is 0.889. The molecular weight excluding hydrogens is 822 g/mol. The van der Waals surface area contributed by atoms with E-state index in [1.165, 1.54) is 205 Å². The summed E-state index contributed by atoms with van der Waals surface area (Å²) in [6.07, 6.45) is 58.1. The number of unbranched alkanes of at least 4 members (excludes halogenated alkanes) is 35. The zero-order chi connectivity index (χ0) is 46.7. The van der Waals surface area contributed by atoms with Gasteiger partial charge in [-0.3, -0.25) is 18.6 Å². The van der Waals surface area contributed by atoms with Gasteiger partial charge in [-0.05, 0) is 44.9 Å². The molecule has 0 spiro atoms. The highest BCUT2D eigenvalue weighted by atomic mass is 31.2. The Balaban J connectivity index is 3.85. The molecular formula is C54H104NO8P. The molecule has 2 unspecified atom stereocenters. The first-order valence-corrected chi connectivity index (χ1v) is 28.8. The fourth-order valence-electron chi connectivity index (χ4n) is 8.02. The van der Waals surface area contributed by atoms with E-state index in [0.29, 0.717) is 6.42 Å². The van der Waals surface area contributed by atoms with Gasteiger partial charge in [0.25, 0.3) is 0 Å². The van der Waals surface area contributed by atoms with Crippen LogP contribution in [0.15, 0.2) is 24.3 Å². The number of hydrogen-bond acceptors (Lipinski definition) is 8. The van der Waals surface area contributed by atoms with Crippen molar-refractivity contribution in [3.8, 4) is 0 Å². The Kier molecular flexibility index (Phi) is 49.7. The van der Waals surface area contributed by atoms with Gasteiger partial charge >= 0.3 is 19.8 Å². The predicted octanol–water partition coefficient (Wildman–Crippen LogP) is 16.7. The van der Waals surface area contributed by atoms with E-state index in [2.05, 4.69) is 38.2 Å². The minimum atomic E-state index is -4.38. The monoisotopic (exact) mass is 926 g/mol. The molecule has 9 nitrogen and oxygen atoms in total. The van der Waals surface area contributed by atoms with Crippen molar-refractivity contribution < 1.29 is 37.6 Å². The molecule has 0 aliphatic rings. The molecule has 378 valence electrons. The maximum absolute atomic E-state index is 12.7. The summed E-state index contributed by atoms with van der Waals surface area (Å²) in [6, 6.07) is 0. The maximum atomic E-state index is 12.7. The van der Waals surface area contributed by atoms with E-state index >= 15 is 0 Å². The van der Waals surface area contributed by atoms with Gasteiger partial charge in [-0.2, -0.15) is 0 Å². The molecule has 0 aliphatic heterocycles. The second-order valence-corrected chi connectivity index (χ2v) is 19.9. The molecule has 3 N–H and O–H groups in total. The lowest BCUT2D eigenvalue weighted by Gasteiger charge is -2.19. The van der Waals surface area contributed by atoms with Gasteiger partial charge in [-0.1, -0.05) is 244 Å². The number of esters is 2. The van der Waals surface area contributed by atoms with Crippen molar-refractivity contribution in [2.75, 3.05) is 26.4 Å². The molecule has 0 saturated carbocycles. The van der Waals surface area contributed by atoms with E-state index in [0.717, 1.165) is 38.5 Å². The summed E-state index contributed by atoms with van der Waals surface area (Å²) in [7, 11) is -4.38. The zero-order valence-electron chi connectivity index (χ0n) is 42.0. The third-order valence-electron chi connectivity index (χ3n) is 12.1. The van der Waals surface area contributed by atoms with E-state index in [1.54, 1.807) is 0 Å². The largest absolute Gasteiger partial charge is 0.472 e. The van der Waals surface area contributed by atoms with Gasteiger partial charge in [-0.25, -0.2) is 4.57 Å². The number of phosphoric ester groups is 1. The first kappa shape index (κ1) is 62.5. The zero-order valence-corrected chi connectivity index (χ0v) is 42.9. The Hall–Kier alpha value is -1.51. The van der Waals surface area contributed by atoms with E-state index in [4.69, 9.17) is 24.3 Å². The van der Waals surface area contributed by atoms with Crippen LogP contribution < -0.4 is 5.73 Å². The number of ether oxygens (including phenoxy) is 2. The molecule has 0 amide bonds. The molecule has 0 aromatic heterocycles. The molecule has 0 bridgehead atoms. The van der Waals surface area contributed by atoms with E-state index in [1.807, 2.05) is 0 Å². The van der Waals surface area contributed by atoms with Gasteiger partial charge in [0.2, 0.25) is 0 Å². The minimum absolute atomic E-state index is 0.0565. The van der Waals surface area contributed by atoms with Crippen LogP contribution >= 0.6 is 7.82 Å². The van der Waals surface area contributed by atoms with Gasteiger partial charge in [-0.15, -0.1) is 0 Å².